The number of nitrogens with zero attached hydrogens (tertiary/aromatic N) is 2. The average Bonchev–Trinajstić information content (AvgIpc) is 2.83. The van der Waals surface area contributed by atoms with Crippen LogP contribution < -0.4 is 11.1 Å². The number of hydrogen-bond donors (Lipinski definition) is 2. The largest absolute Gasteiger partial charge is 0.398 e. The van der Waals surface area contributed by atoms with Gasteiger partial charge in [0.05, 0.1) is 10.9 Å². The van der Waals surface area contributed by atoms with Crippen molar-refractivity contribution in [3.05, 3.63) is 23.8 Å². The van der Waals surface area contributed by atoms with Crippen molar-refractivity contribution in [1.29, 1.82) is 0 Å². The lowest BCUT2D eigenvalue weighted by Crippen LogP contribution is -2.53. The molecule has 114 valence electrons. The fraction of sp³-hybridized carbons (Fsp3) is 0.462. The highest BCUT2D eigenvalue weighted by Gasteiger charge is 2.40. The number of nitrogen functional groups attached to an aromatic ring is 1. The minimum Gasteiger partial charge on any atom is -0.398 e. The number of carbonyl (C=O) groups excluding carboxylic acids is 1. The number of fused-ring (bicyclic) bond motifs is 1. The number of carbonyl (C=O) groups is 1. The number of rotatable bonds is 2. The first-order chi connectivity index (χ1) is 9.91. The Kier molecular flexibility index (Phi) is 3.29. The fourth-order valence-electron chi connectivity index (χ4n) is 2.84. The molecule has 21 heavy (non-hydrogen) atoms. The van der Waals surface area contributed by atoms with E-state index in [0.717, 1.165) is 0 Å². The van der Waals surface area contributed by atoms with E-state index >= 15 is 0 Å². The molecule has 1 unspecified atom stereocenters. The standard InChI is InChI=1S/C13H18N4O3S/c1-9-11(14)3-2-4-12(9)21(19,20)16-5-6-17-10(8-16)7-15-13(17)18/h2-4,10H,5-8,14H2,1H3,(H,15,18). The second-order valence-corrected chi connectivity index (χ2v) is 7.27. The van der Waals surface area contributed by atoms with Gasteiger partial charge in [0.25, 0.3) is 0 Å². The van der Waals surface area contributed by atoms with Gasteiger partial charge >= 0.3 is 6.03 Å². The van der Waals surface area contributed by atoms with Crippen LogP contribution in [0.1, 0.15) is 5.56 Å². The van der Waals surface area contributed by atoms with Gasteiger partial charge in [-0.3, -0.25) is 0 Å². The number of hydrogen-bond acceptors (Lipinski definition) is 4. The Balaban J connectivity index is 1.89. The third-order valence-corrected chi connectivity index (χ3v) is 6.15. The van der Waals surface area contributed by atoms with Gasteiger partial charge in [-0.1, -0.05) is 6.07 Å². The number of nitrogens with one attached hydrogen (secondary N) is 1. The summed E-state index contributed by atoms with van der Waals surface area (Å²) in [5, 5.41) is 2.74. The van der Waals surface area contributed by atoms with Gasteiger partial charge in [-0.15, -0.1) is 0 Å². The molecule has 3 rings (SSSR count). The normalized spacial score (nSPS) is 23.0. The van der Waals surface area contributed by atoms with Gasteiger partial charge in [0, 0.05) is 31.9 Å². The van der Waals surface area contributed by atoms with Gasteiger partial charge in [-0.2, -0.15) is 4.31 Å². The Morgan fingerprint density at radius 2 is 2.10 bits per heavy atom. The summed E-state index contributed by atoms with van der Waals surface area (Å²) in [6.07, 6.45) is 0. The van der Waals surface area contributed by atoms with E-state index < -0.39 is 10.0 Å². The molecule has 8 heteroatoms. The first-order valence-electron chi connectivity index (χ1n) is 6.81. The van der Waals surface area contributed by atoms with Gasteiger partial charge in [0.2, 0.25) is 10.0 Å². The van der Waals surface area contributed by atoms with E-state index in [-0.39, 0.29) is 17.0 Å². The molecule has 7 nitrogen and oxygen atoms in total. The molecule has 2 amide bonds. The molecule has 0 spiro atoms. The van der Waals surface area contributed by atoms with E-state index in [9.17, 15) is 13.2 Å². The van der Waals surface area contributed by atoms with Crippen molar-refractivity contribution in [3.63, 3.8) is 0 Å². The third kappa shape index (κ3) is 2.24. The Labute approximate surface area is 123 Å². The number of piperazine rings is 1. The molecule has 0 aromatic heterocycles. The number of nitrogens with two attached hydrogens (primary N) is 1. The summed E-state index contributed by atoms with van der Waals surface area (Å²) < 4.78 is 27.0. The Bertz CT molecular complexity index is 689. The molecule has 2 aliphatic heterocycles. The van der Waals surface area contributed by atoms with Crippen LogP contribution in [0.3, 0.4) is 0 Å². The van der Waals surface area contributed by atoms with Crippen molar-refractivity contribution >= 4 is 21.7 Å². The molecule has 1 aromatic carbocycles. The average molecular weight is 310 g/mol. The number of benzene rings is 1. The smallest absolute Gasteiger partial charge is 0.317 e. The van der Waals surface area contributed by atoms with Crippen molar-refractivity contribution in [2.24, 2.45) is 0 Å². The van der Waals surface area contributed by atoms with E-state index in [1.165, 1.54) is 4.31 Å². The Morgan fingerprint density at radius 3 is 2.86 bits per heavy atom. The van der Waals surface area contributed by atoms with Crippen LogP contribution in [0.15, 0.2) is 23.1 Å². The predicted molar refractivity (Wildman–Crippen MR) is 78.2 cm³/mol. The molecule has 0 bridgehead atoms. The van der Waals surface area contributed by atoms with E-state index in [0.29, 0.717) is 37.4 Å². The van der Waals surface area contributed by atoms with Crippen molar-refractivity contribution in [2.75, 3.05) is 31.9 Å². The Hall–Kier alpha value is -1.80. The van der Waals surface area contributed by atoms with E-state index in [4.69, 9.17) is 5.73 Å². The van der Waals surface area contributed by atoms with Crippen LogP contribution in [0.25, 0.3) is 0 Å². The third-order valence-electron chi connectivity index (χ3n) is 4.14. The molecule has 2 aliphatic rings. The van der Waals surface area contributed by atoms with Crippen molar-refractivity contribution < 1.29 is 13.2 Å². The molecule has 2 saturated heterocycles. The molecule has 0 aliphatic carbocycles. The van der Waals surface area contributed by atoms with Crippen molar-refractivity contribution in [1.82, 2.24) is 14.5 Å². The molecule has 0 saturated carbocycles. The zero-order valence-corrected chi connectivity index (χ0v) is 12.6. The summed E-state index contributed by atoms with van der Waals surface area (Å²) in [6, 6.07) is 4.70. The zero-order valence-electron chi connectivity index (χ0n) is 11.7. The molecule has 3 N–H and O–H groups in total. The minimum atomic E-state index is -3.58. The van der Waals surface area contributed by atoms with Crippen LogP contribution in [0.2, 0.25) is 0 Å². The first kappa shape index (κ1) is 14.2. The summed E-state index contributed by atoms with van der Waals surface area (Å²) in [6.45, 7) is 3.23. The molecular formula is C13H18N4O3S. The van der Waals surface area contributed by atoms with Gasteiger partial charge in [0.1, 0.15) is 0 Å². The summed E-state index contributed by atoms with van der Waals surface area (Å²) in [5.74, 6) is 0. The maximum absolute atomic E-state index is 12.8. The summed E-state index contributed by atoms with van der Waals surface area (Å²) in [5.41, 5.74) is 6.84. The molecule has 2 fully saturated rings. The first-order valence-corrected chi connectivity index (χ1v) is 8.25. The zero-order chi connectivity index (χ0) is 15.2. The quantitative estimate of drug-likeness (QED) is 0.750. The summed E-state index contributed by atoms with van der Waals surface area (Å²) in [4.78, 5) is 13.5. The van der Waals surface area contributed by atoms with Gasteiger partial charge in [-0.05, 0) is 24.6 Å². The maximum Gasteiger partial charge on any atom is 0.317 e. The van der Waals surface area contributed by atoms with Gasteiger partial charge in [-0.25, -0.2) is 13.2 Å². The van der Waals surface area contributed by atoms with E-state index in [1.807, 2.05) is 0 Å². The van der Waals surface area contributed by atoms with Gasteiger partial charge in [0.15, 0.2) is 0 Å². The highest BCUT2D eigenvalue weighted by molar-refractivity contribution is 7.89. The molecule has 0 radical (unpaired) electrons. The monoisotopic (exact) mass is 310 g/mol. The number of urea groups is 1. The summed E-state index contributed by atoms with van der Waals surface area (Å²) in [7, 11) is -3.58. The fourth-order valence-corrected chi connectivity index (χ4v) is 4.57. The Morgan fingerprint density at radius 1 is 1.33 bits per heavy atom. The van der Waals surface area contributed by atoms with Crippen molar-refractivity contribution in [2.45, 2.75) is 17.9 Å². The lowest BCUT2D eigenvalue weighted by Gasteiger charge is -2.35. The van der Waals surface area contributed by atoms with Gasteiger partial charge < -0.3 is 16.0 Å². The highest BCUT2D eigenvalue weighted by Crippen LogP contribution is 2.26. The number of anilines is 1. The molecule has 1 aromatic rings. The van der Waals surface area contributed by atoms with E-state index in [1.54, 1.807) is 30.0 Å². The minimum absolute atomic E-state index is 0.0950. The van der Waals surface area contributed by atoms with Crippen LogP contribution in [0, 0.1) is 6.92 Å². The topological polar surface area (TPSA) is 95.7 Å². The molecule has 1 atom stereocenters. The van der Waals surface area contributed by atoms with Crippen LogP contribution in [-0.4, -0.2) is 55.9 Å². The highest BCUT2D eigenvalue weighted by atomic mass is 32.2. The van der Waals surface area contributed by atoms with Crippen LogP contribution in [0.5, 0.6) is 0 Å². The second kappa shape index (κ2) is 4.88. The van der Waals surface area contributed by atoms with Crippen molar-refractivity contribution in [3.8, 4) is 0 Å². The van der Waals surface area contributed by atoms with Crippen LogP contribution in [-0.2, 0) is 10.0 Å². The number of sulfonamides is 1. The molecular weight excluding hydrogens is 292 g/mol. The summed E-state index contributed by atoms with van der Waals surface area (Å²) >= 11 is 0. The van der Waals surface area contributed by atoms with Crippen LogP contribution >= 0.6 is 0 Å². The second-order valence-electron chi connectivity index (χ2n) is 5.37. The number of amides is 2. The van der Waals surface area contributed by atoms with E-state index in [2.05, 4.69) is 5.32 Å². The maximum atomic E-state index is 12.8. The lowest BCUT2D eigenvalue weighted by molar-refractivity contribution is 0.164. The SMILES string of the molecule is Cc1c(N)cccc1S(=O)(=O)N1CCN2C(=O)NCC2C1. The lowest BCUT2D eigenvalue weighted by atomic mass is 10.2. The predicted octanol–water partition coefficient (Wildman–Crippen LogP) is -0.0247. The van der Waals surface area contributed by atoms with Crippen LogP contribution in [0.4, 0.5) is 10.5 Å². The molecule has 2 heterocycles.